The summed E-state index contributed by atoms with van der Waals surface area (Å²) in [6, 6.07) is 9.38. The van der Waals surface area contributed by atoms with E-state index in [1.165, 1.54) is 0 Å². The number of piperidine rings is 1. The number of hydrogen-bond donors (Lipinski definition) is 3. The number of rotatable bonds is 3. The van der Waals surface area contributed by atoms with E-state index in [4.69, 9.17) is 5.10 Å². The van der Waals surface area contributed by atoms with Gasteiger partial charge < -0.3 is 15.6 Å². The summed E-state index contributed by atoms with van der Waals surface area (Å²) in [7, 11) is 0. The van der Waals surface area contributed by atoms with Gasteiger partial charge in [-0.2, -0.15) is 5.10 Å². The summed E-state index contributed by atoms with van der Waals surface area (Å²) in [5, 5.41) is 12.3. The zero-order valence-corrected chi connectivity index (χ0v) is 15.6. The van der Waals surface area contributed by atoms with Gasteiger partial charge in [0.15, 0.2) is 0 Å². The molecule has 4 aromatic rings. The van der Waals surface area contributed by atoms with E-state index in [0.717, 1.165) is 53.9 Å². The fourth-order valence-electron chi connectivity index (χ4n) is 3.93. The van der Waals surface area contributed by atoms with Gasteiger partial charge in [-0.15, -0.1) is 0 Å². The van der Waals surface area contributed by atoms with Gasteiger partial charge in [-0.3, -0.25) is 4.79 Å². The van der Waals surface area contributed by atoms with Crippen LogP contribution in [0.25, 0.3) is 16.6 Å². The second-order valence-electron chi connectivity index (χ2n) is 7.19. The fourth-order valence-corrected chi connectivity index (χ4v) is 3.93. The van der Waals surface area contributed by atoms with Gasteiger partial charge in [-0.25, -0.2) is 14.5 Å². The van der Waals surface area contributed by atoms with Crippen LogP contribution in [0.15, 0.2) is 41.3 Å². The second kappa shape index (κ2) is 6.72. The molecule has 4 heterocycles. The lowest BCUT2D eigenvalue weighted by molar-refractivity contribution is 0.446. The third-order valence-electron chi connectivity index (χ3n) is 5.26. The highest BCUT2D eigenvalue weighted by Crippen LogP contribution is 2.31. The maximum atomic E-state index is 12.4. The Labute approximate surface area is 161 Å². The summed E-state index contributed by atoms with van der Waals surface area (Å²) in [5.74, 6) is 0.834. The van der Waals surface area contributed by atoms with E-state index in [1.54, 1.807) is 12.3 Å². The average Bonchev–Trinajstić information content (AvgIpc) is 3.07. The molecular formula is C20H21N7O. The Kier molecular flexibility index (Phi) is 4.05. The Bertz CT molecular complexity index is 1220. The Hall–Kier alpha value is -3.26. The minimum Gasteiger partial charge on any atom is -0.323 e. The maximum absolute atomic E-state index is 12.4. The first-order chi connectivity index (χ1) is 13.7. The van der Waals surface area contributed by atoms with Crippen molar-refractivity contribution in [3.05, 3.63) is 58.3 Å². The van der Waals surface area contributed by atoms with Crippen molar-refractivity contribution in [3.8, 4) is 0 Å². The molecule has 1 saturated heterocycles. The predicted octanol–water partition coefficient (Wildman–Crippen LogP) is 2.48. The summed E-state index contributed by atoms with van der Waals surface area (Å²) in [5.41, 5.74) is 4.07. The molecule has 142 valence electrons. The molecule has 1 aliphatic rings. The number of aromatic amines is 1. The Morgan fingerprint density at radius 3 is 2.89 bits per heavy atom. The quantitative estimate of drug-likeness (QED) is 0.509. The molecule has 0 spiro atoms. The van der Waals surface area contributed by atoms with E-state index in [1.807, 2.05) is 35.7 Å². The normalized spacial score (nSPS) is 15.3. The Balaban J connectivity index is 1.70. The van der Waals surface area contributed by atoms with Gasteiger partial charge in [0.25, 0.3) is 5.56 Å². The molecule has 3 N–H and O–H groups in total. The van der Waals surface area contributed by atoms with Crippen molar-refractivity contribution in [2.24, 2.45) is 0 Å². The molecule has 8 nitrogen and oxygen atoms in total. The Morgan fingerprint density at radius 1 is 1.21 bits per heavy atom. The van der Waals surface area contributed by atoms with E-state index in [9.17, 15) is 4.79 Å². The molecule has 0 atom stereocenters. The number of aromatic nitrogens is 5. The summed E-state index contributed by atoms with van der Waals surface area (Å²) >= 11 is 0. The summed E-state index contributed by atoms with van der Waals surface area (Å²) in [6.07, 6.45) is 3.71. The molecular weight excluding hydrogens is 354 g/mol. The second-order valence-corrected chi connectivity index (χ2v) is 7.19. The third kappa shape index (κ3) is 2.91. The molecule has 8 heteroatoms. The Morgan fingerprint density at radius 2 is 2.07 bits per heavy atom. The molecule has 1 fully saturated rings. The lowest BCUT2D eigenvalue weighted by atomic mass is 9.94. The van der Waals surface area contributed by atoms with Crippen LogP contribution in [0.1, 0.15) is 30.1 Å². The maximum Gasteiger partial charge on any atom is 0.251 e. The molecule has 0 aliphatic carbocycles. The van der Waals surface area contributed by atoms with Crippen LogP contribution in [0.2, 0.25) is 0 Å². The lowest BCUT2D eigenvalue weighted by Gasteiger charge is -2.23. The van der Waals surface area contributed by atoms with Crippen molar-refractivity contribution in [1.82, 2.24) is 29.9 Å². The first kappa shape index (κ1) is 16.9. The first-order valence-corrected chi connectivity index (χ1v) is 9.51. The van der Waals surface area contributed by atoms with Crippen LogP contribution in [0.5, 0.6) is 0 Å². The standard InChI is InChI=1S/C20H21N7O/c1-12-5-10-22-20(23-12)24-14-3-2-4-15-18(14)19-25-17(28)11-16(27(19)26-15)13-6-8-21-9-7-13/h2-5,10-11,13,21H,6-9H2,1H3,(H,25,28)(H,22,23,24). The smallest absolute Gasteiger partial charge is 0.251 e. The molecule has 28 heavy (non-hydrogen) atoms. The van der Waals surface area contributed by atoms with Crippen LogP contribution < -0.4 is 16.2 Å². The zero-order valence-electron chi connectivity index (χ0n) is 15.6. The van der Waals surface area contributed by atoms with Crippen molar-refractivity contribution < 1.29 is 0 Å². The van der Waals surface area contributed by atoms with Gasteiger partial charge in [-0.05, 0) is 51.1 Å². The highest BCUT2D eigenvalue weighted by Gasteiger charge is 2.21. The van der Waals surface area contributed by atoms with Gasteiger partial charge in [-0.1, -0.05) is 6.07 Å². The van der Waals surface area contributed by atoms with Crippen LogP contribution in [0.4, 0.5) is 11.6 Å². The predicted molar refractivity (Wildman–Crippen MR) is 108 cm³/mol. The molecule has 0 radical (unpaired) electrons. The van der Waals surface area contributed by atoms with Crippen LogP contribution in [-0.2, 0) is 0 Å². The number of anilines is 2. The van der Waals surface area contributed by atoms with Crippen LogP contribution in [0.3, 0.4) is 0 Å². The molecule has 1 aromatic carbocycles. The fraction of sp³-hybridized carbons (Fsp3) is 0.300. The summed E-state index contributed by atoms with van der Waals surface area (Å²) in [6.45, 7) is 3.83. The molecule has 3 aromatic heterocycles. The molecule has 1 aliphatic heterocycles. The molecule has 0 unspecified atom stereocenters. The third-order valence-corrected chi connectivity index (χ3v) is 5.26. The van der Waals surface area contributed by atoms with E-state index in [-0.39, 0.29) is 5.56 Å². The van der Waals surface area contributed by atoms with E-state index in [2.05, 4.69) is 25.6 Å². The first-order valence-electron chi connectivity index (χ1n) is 9.51. The molecule has 5 rings (SSSR count). The number of hydrogen-bond acceptors (Lipinski definition) is 6. The van der Waals surface area contributed by atoms with Crippen LogP contribution in [0, 0.1) is 6.92 Å². The van der Waals surface area contributed by atoms with E-state index >= 15 is 0 Å². The highest BCUT2D eigenvalue weighted by atomic mass is 16.1. The average molecular weight is 375 g/mol. The van der Waals surface area contributed by atoms with Crippen molar-refractivity contribution >= 4 is 28.2 Å². The molecule has 0 saturated carbocycles. The van der Waals surface area contributed by atoms with E-state index < -0.39 is 0 Å². The lowest BCUT2D eigenvalue weighted by Crippen LogP contribution is -2.28. The number of fused-ring (bicyclic) bond motifs is 3. The highest BCUT2D eigenvalue weighted by molar-refractivity contribution is 6.02. The van der Waals surface area contributed by atoms with Crippen molar-refractivity contribution in [1.29, 1.82) is 0 Å². The van der Waals surface area contributed by atoms with Gasteiger partial charge in [0.1, 0.15) is 5.65 Å². The number of nitrogens with one attached hydrogen (secondary N) is 3. The SMILES string of the molecule is Cc1ccnc(Nc2cccc3nn4c(C5CCNCC5)cc(=O)[nH]c4c23)n1. The monoisotopic (exact) mass is 375 g/mol. The number of benzene rings is 1. The minimum atomic E-state index is -0.107. The van der Waals surface area contributed by atoms with Crippen molar-refractivity contribution in [3.63, 3.8) is 0 Å². The van der Waals surface area contributed by atoms with Gasteiger partial charge in [0.05, 0.1) is 22.3 Å². The summed E-state index contributed by atoms with van der Waals surface area (Å²) in [4.78, 5) is 24.1. The zero-order chi connectivity index (χ0) is 19.1. The summed E-state index contributed by atoms with van der Waals surface area (Å²) < 4.78 is 1.89. The van der Waals surface area contributed by atoms with Gasteiger partial charge >= 0.3 is 0 Å². The van der Waals surface area contributed by atoms with Crippen molar-refractivity contribution in [2.75, 3.05) is 18.4 Å². The van der Waals surface area contributed by atoms with Gasteiger partial charge in [0.2, 0.25) is 5.95 Å². The number of nitrogens with zero attached hydrogens (tertiary/aromatic N) is 4. The molecule has 0 bridgehead atoms. The topological polar surface area (TPSA) is 100 Å². The molecule has 0 amide bonds. The largest absolute Gasteiger partial charge is 0.323 e. The van der Waals surface area contributed by atoms with E-state index in [0.29, 0.717) is 17.5 Å². The van der Waals surface area contributed by atoms with Crippen LogP contribution in [-0.4, -0.2) is 37.7 Å². The number of H-pyrrole nitrogens is 1. The van der Waals surface area contributed by atoms with Crippen molar-refractivity contribution in [2.45, 2.75) is 25.7 Å². The number of aryl methyl sites for hydroxylation is 1. The van der Waals surface area contributed by atoms with Crippen LogP contribution >= 0.6 is 0 Å². The van der Waals surface area contributed by atoms with Gasteiger partial charge in [0, 0.05) is 23.9 Å². The minimum absolute atomic E-state index is 0.107.